The molecule has 1 amide bonds. The molecule has 88 valence electrons. The predicted molar refractivity (Wildman–Crippen MR) is 64.2 cm³/mol. The van der Waals surface area contributed by atoms with Gasteiger partial charge >= 0.3 is 6.09 Å². The van der Waals surface area contributed by atoms with Crippen molar-refractivity contribution in [1.29, 1.82) is 0 Å². The van der Waals surface area contributed by atoms with E-state index in [1.54, 1.807) is 18.2 Å². The Morgan fingerprint density at radius 1 is 1.44 bits per heavy atom. The zero-order chi connectivity index (χ0) is 12.0. The summed E-state index contributed by atoms with van der Waals surface area (Å²) in [5.41, 5.74) is 5.28. The number of amides is 1. The number of halogens is 2. The Labute approximate surface area is 104 Å². The second-order valence-corrected chi connectivity index (χ2v) is 3.80. The minimum atomic E-state index is -0.572. The van der Waals surface area contributed by atoms with E-state index in [9.17, 15) is 4.79 Å². The molecule has 0 fully saturated rings. The molecule has 0 atom stereocenters. The zero-order valence-electron chi connectivity index (χ0n) is 8.50. The van der Waals surface area contributed by atoms with Crippen LogP contribution in [0, 0.1) is 0 Å². The lowest BCUT2D eigenvalue weighted by molar-refractivity contribution is 0.200. The number of carbonyl (C=O) groups excluding carboxylic acids is 1. The molecule has 16 heavy (non-hydrogen) atoms. The summed E-state index contributed by atoms with van der Waals surface area (Å²) in [6.07, 6.45) is 0.121. The molecule has 0 aliphatic rings. The molecular weight excluding hydrogens is 251 g/mol. The number of rotatable bonds is 4. The molecular formula is C10H12Cl2N2O2. The number of hydrogen-bond acceptors (Lipinski definition) is 3. The molecule has 1 rings (SSSR count). The zero-order valence-corrected chi connectivity index (χ0v) is 10.0. The molecule has 4 nitrogen and oxygen atoms in total. The number of nitrogens with two attached hydrogens (primary N) is 1. The van der Waals surface area contributed by atoms with E-state index in [2.05, 4.69) is 5.32 Å². The van der Waals surface area contributed by atoms with Crippen molar-refractivity contribution in [3.63, 3.8) is 0 Å². The molecule has 3 N–H and O–H groups in total. The summed E-state index contributed by atoms with van der Waals surface area (Å²) in [7, 11) is 0. The van der Waals surface area contributed by atoms with Crippen LogP contribution >= 0.6 is 23.2 Å². The molecule has 0 aliphatic heterocycles. The Balaban J connectivity index is 2.53. The van der Waals surface area contributed by atoms with Gasteiger partial charge in [-0.25, -0.2) is 4.79 Å². The summed E-state index contributed by atoms with van der Waals surface area (Å²) in [5, 5.41) is 3.10. The predicted octanol–water partition coefficient (Wildman–Crippen LogP) is 2.43. The first kappa shape index (κ1) is 13.1. The van der Waals surface area contributed by atoms with Gasteiger partial charge in [0.05, 0.1) is 5.02 Å². The highest BCUT2D eigenvalue weighted by Gasteiger charge is 2.09. The Hall–Kier alpha value is -0.970. The second-order valence-electron chi connectivity index (χ2n) is 3.01. The van der Waals surface area contributed by atoms with Crippen molar-refractivity contribution in [3.8, 4) is 5.75 Å². The van der Waals surface area contributed by atoms with E-state index in [-0.39, 0.29) is 10.8 Å². The number of carbonyl (C=O) groups is 1. The van der Waals surface area contributed by atoms with E-state index in [0.29, 0.717) is 24.5 Å². The molecule has 6 heteroatoms. The first-order valence-corrected chi connectivity index (χ1v) is 5.50. The van der Waals surface area contributed by atoms with Crippen LogP contribution in [0.5, 0.6) is 5.75 Å². The van der Waals surface area contributed by atoms with Crippen molar-refractivity contribution in [3.05, 3.63) is 28.2 Å². The fourth-order valence-corrected chi connectivity index (χ4v) is 1.32. The van der Waals surface area contributed by atoms with Crippen LogP contribution in [0.2, 0.25) is 10.0 Å². The third kappa shape index (κ3) is 3.89. The Morgan fingerprint density at radius 2 is 2.19 bits per heavy atom. The molecule has 0 saturated heterocycles. The smallest absolute Gasteiger partial charge is 0.409 e. The highest BCUT2D eigenvalue weighted by Crippen LogP contribution is 2.31. The maximum Gasteiger partial charge on any atom is 0.412 e. The molecule has 0 spiro atoms. The van der Waals surface area contributed by atoms with E-state index < -0.39 is 6.09 Å². The van der Waals surface area contributed by atoms with Gasteiger partial charge in [-0.2, -0.15) is 0 Å². The first-order chi connectivity index (χ1) is 7.65. The van der Waals surface area contributed by atoms with Crippen LogP contribution in [0.4, 0.5) is 4.79 Å². The third-order valence-corrected chi connectivity index (χ3v) is 2.57. The quantitative estimate of drug-likeness (QED) is 0.820. The van der Waals surface area contributed by atoms with Gasteiger partial charge in [-0.05, 0) is 25.1 Å². The molecule has 0 aliphatic carbocycles. The minimum absolute atomic E-state index is 0.221. The largest absolute Gasteiger partial charge is 0.412 e. The summed E-state index contributed by atoms with van der Waals surface area (Å²) in [6, 6.07) is 4.83. The van der Waals surface area contributed by atoms with Crippen molar-refractivity contribution < 1.29 is 9.53 Å². The molecule has 0 unspecified atom stereocenters. The molecule has 1 aromatic rings. The van der Waals surface area contributed by atoms with Crippen LogP contribution < -0.4 is 15.8 Å². The van der Waals surface area contributed by atoms with Crippen molar-refractivity contribution in [2.75, 3.05) is 13.1 Å². The fraction of sp³-hybridized carbons (Fsp3) is 0.300. The van der Waals surface area contributed by atoms with Crippen LogP contribution in [-0.2, 0) is 0 Å². The average molecular weight is 263 g/mol. The number of benzene rings is 1. The van der Waals surface area contributed by atoms with E-state index in [1.165, 1.54) is 0 Å². The van der Waals surface area contributed by atoms with Crippen molar-refractivity contribution in [2.45, 2.75) is 6.42 Å². The van der Waals surface area contributed by atoms with Crippen LogP contribution in [0.3, 0.4) is 0 Å². The van der Waals surface area contributed by atoms with Gasteiger partial charge in [0, 0.05) is 6.54 Å². The monoisotopic (exact) mass is 262 g/mol. The maximum absolute atomic E-state index is 11.3. The number of nitrogens with one attached hydrogen (secondary N) is 1. The molecule has 0 heterocycles. The Morgan fingerprint density at radius 3 is 2.88 bits per heavy atom. The van der Waals surface area contributed by atoms with Crippen LogP contribution in [0.15, 0.2) is 18.2 Å². The molecule has 1 aromatic carbocycles. The Kier molecular flexibility index (Phi) is 5.38. The SMILES string of the molecule is NCCCNC(=O)Oc1cccc(Cl)c1Cl. The van der Waals surface area contributed by atoms with Gasteiger partial charge < -0.3 is 15.8 Å². The number of hydrogen-bond donors (Lipinski definition) is 2. The summed E-state index contributed by atoms with van der Waals surface area (Å²) in [6.45, 7) is 0.978. The summed E-state index contributed by atoms with van der Waals surface area (Å²) in [4.78, 5) is 11.3. The van der Waals surface area contributed by atoms with Gasteiger partial charge in [-0.3, -0.25) is 0 Å². The normalized spacial score (nSPS) is 9.94. The average Bonchev–Trinajstić information content (AvgIpc) is 2.25. The highest BCUT2D eigenvalue weighted by atomic mass is 35.5. The van der Waals surface area contributed by atoms with Gasteiger partial charge in [-0.15, -0.1) is 0 Å². The van der Waals surface area contributed by atoms with Gasteiger partial charge in [0.25, 0.3) is 0 Å². The second kappa shape index (κ2) is 6.58. The minimum Gasteiger partial charge on any atom is -0.409 e. The van der Waals surface area contributed by atoms with E-state index in [0.717, 1.165) is 0 Å². The van der Waals surface area contributed by atoms with Crippen LogP contribution in [-0.4, -0.2) is 19.2 Å². The summed E-state index contributed by atoms with van der Waals surface area (Å²) >= 11 is 11.6. The van der Waals surface area contributed by atoms with Crippen molar-refractivity contribution in [2.24, 2.45) is 5.73 Å². The van der Waals surface area contributed by atoms with Gasteiger partial charge in [0.1, 0.15) is 5.02 Å². The topological polar surface area (TPSA) is 64.3 Å². The molecule has 0 saturated carbocycles. The van der Waals surface area contributed by atoms with E-state index in [1.807, 2.05) is 0 Å². The van der Waals surface area contributed by atoms with Gasteiger partial charge in [-0.1, -0.05) is 29.3 Å². The summed E-state index contributed by atoms with van der Waals surface area (Å²) in [5.74, 6) is 0.236. The standard InChI is InChI=1S/C10H12Cl2N2O2/c11-7-3-1-4-8(9(7)12)16-10(15)14-6-2-5-13/h1,3-4H,2,5-6,13H2,(H,14,15). The summed E-state index contributed by atoms with van der Waals surface area (Å²) < 4.78 is 4.97. The van der Waals surface area contributed by atoms with Crippen molar-refractivity contribution >= 4 is 29.3 Å². The lowest BCUT2D eigenvalue weighted by Gasteiger charge is -2.07. The third-order valence-electron chi connectivity index (χ3n) is 1.77. The highest BCUT2D eigenvalue weighted by molar-refractivity contribution is 6.43. The van der Waals surface area contributed by atoms with Gasteiger partial charge in [0.15, 0.2) is 5.75 Å². The maximum atomic E-state index is 11.3. The number of ether oxygens (including phenoxy) is 1. The first-order valence-electron chi connectivity index (χ1n) is 4.75. The van der Waals surface area contributed by atoms with E-state index in [4.69, 9.17) is 33.7 Å². The molecule has 0 radical (unpaired) electrons. The Bertz CT molecular complexity index is 372. The lowest BCUT2D eigenvalue weighted by Crippen LogP contribution is -2.28. The van der Waals surface area contributed by atoms with Crippen LogP contribution in [0.1, 0.15) is 6.42 Å². The van der Waals surface area contributed by atoms with E-state index >= 15 is 0 Å². The van der Waals surface area contributed by atoms with Crippen LogP contribution in [0.25, 0.3) is 0 Å². The molecule has 0 bridgehead atoms. The van der Waals surface area contributed by atoms with Gasteiger partial charge in [0.2, 0.25) is 0 Å². The lowest BCUT2D eigenvalue weighted by atomic mass is 10.3. The molecule has 0 aromatic heterocycles. The van der Waals surface area contributed by atoms with Crippen molar-refractivity contribution in [1.82, 2.24) is 5.32 Å². The fourth-order valence-electron chi connectivity index (χ4n) is 0.991.